The van der Waals surface area contributed by atoms with Crippen LogP contribution in [0.15, 0.2) is 65.6 Å². The van der Waals surface area contributed by atoms with Crippen LogP contribution in [0.1, 0.15) is 17.5 Å². The van der Waals surface area contributed by atoms with Gasteiger partial charge in [0.15, 0.2) is 11.6 Å². The number of phenolic OH excluding ortho intramolecular Hbond substituents is 1. The molecule has 0 saturated heterocycles. The van der Waals surface area contributed by atoms with Crippen molar-refractivity contribution in [3.63, 3.8) is 0 Å². The highest BCUT2D eigenvalue weighted by atomic mass is 32.2. The van der Waals surface area contributed by atoms with Crippen molar-refractivity contribution >= 4 is 35.5 Å². The Balaban J connectivity index is 1.93. The van der Waals surface area contributed by atoms with E-state index in [2.05, 4.69) is 0 Å². The number of hydrogen-bond donors (Lipinski definition) is 1. The molecule has 0 amide bonds. The Morgan fingerprint density at radius 1 is 0.958 bits per heavy atom. The van der Waals surface area contributed by atoms with Gasteiger partial charge in [-0.05, 0) is 47.7 Å². The summed E-state index contributed by atoms with van der Waals surface area (Å²) in [6.07, 6.45) is 8.01. The molecule has 0 radical (unpaired) electrons. The quantitative estimate of drug-likeness (QED) is 0.463. The highest BCUT2D eigenvalue weighted by Crippen LogP contribution is 2.21. The van der Waals surface area contributed by atoms with Crippen LogP contribution in [0.5, 0.6) is 5.75 Å². The zero-order valence-corrected chi connectivity index (χ0v) is 14.1. The summed E-state index contributed by atoms with van der Waals surface area (Å²) in [5.74, 6) is -0.313. The van der Waals surface area contributed by atoms with E-state index in [0.29, 0.717) is 0 Å². The first-order chi connectivity index (χ1) is 11.6. The number of phenols is 1. The monoisotopic (exact) mass is 338 g/mol. The van der Waals surface area contributed by atoms with Crippen molar-refractivity contribution in [2.45, 2.75) is 11.3 Å². The van der Waals surface area contributed by atoms with Crippen LogP contribution in [-0.4, -0.2) is 22.9 Å². The molecule has 0 atom stereocenters. The minimum absolute atomic E-state index is 0.160. The summed E-state index contributed by atoms with van der Waals surface area (Å²) in [4.78, 5) is 24.8. The van der Waals surface area contributed by atoms with Gasteiger partial charge in [0.1, 0.15) is 5.75 Å². The van der Waals surface area contributed by atoms with E-state index in [1.54, 1.807) is 48.2 Å². The van der Waals surface area contributed by atoms with E-state index < -0.39 is 0 Å². The highest BCUT2D eigenvalue weighted by molar-refractivity contribution is 7.98. The second-order valence-electron chi connectivity index (χ2n) is 5.11. The lowest BCUT2D eigenvalue weighted by Gasteiger charge is -2.00. The molecule has 0 heterocycles. The summed E-state index contributed by atoms with van der Waals surface area (Å²) in [6.45, 7) is 0. The minimum Gasteiger partial charge on any atom is -0.508 e. The molecule has 0 aliphatic rings. The smallest absolute Gasteiger partial charge is 0.163 e. The Labute approximate surface area is 145 Å². The Hall–Kier alpha value is -2.59. The summed E-state index contributed by atoms with van der Waals surface area (Å²) < 4.78 is 0. The summed E-state index contributed by atoms with van der Waals surface area (Å²) in [5.41, 5.74) is 1.75. The number of allylic oxidation sites excluding steroid dienone is 2. The number of carbonyl (C=O) groups excluding carboxylic acids is 2. The molecule has 4 heteroatoms. The van der Waals surface area contributed by atoms with Crippen molar-refractivity contribution in [3.8, 4) is 5.75 Å². The van der Waals surface area contributed by atoms with Crippen molar-refractivity contribution in [3.05, 3.63) is 71.8 Å². The van der Waals surface area contributed by atoms with Gasteiger partial charge in [-0.2, -0.15) is 0 Å². The standard InChI is InChI=1S/C20H18O3S/c1-24-20-5-3-2-4-16(20)9-13-19(23)14-18(22)12-8-15-6-10-17(21)11-7-15/h2-13,21H,14H2,1H3. The normalized spacial score (nSPS) is 11.2. The van der Waals surface area contributed by atoms with Gasteiger partial charge in [-0.1, -0.05) is 42.5 Å². The van der Waals surface area contributed by atoms with Crippen molar-refractivity contribution in [1.82, 2.24) is 0 Å². The number of hydrogen-bond acceptors (Lipinski definition) is 4. The molecule has 0 saturated carbocycles. The van der Waals surface area contributed by atoms with Crippen molar-refractivity contribution in [2.24, 2.45) is 0 Å². The molecular weight excluding hydrogens is 320 g/mol. The zero-order chi connectivity index (χ0) is 17.4. The Bertz CT molecular complexity index is 774. The van der Waals surface area contributed by atoms with Gasteiger partial charge >= 0.3 is 0 Å². The molecule has 0 aromatic heterocycles. The Kier molecular flexibility index (Phi) is 6.58. The summed E-state index contributed by atoms with van der Waals surface area (Å²) in [5, 5.41) is 9.20. The molecule has 0 unspecified atom stereocenters. The van der Waals surface area contributed by atoms with Crippen molar-refractivity contribution < 1.29 is 14.7 Å². The van der Waals surface area contributed by atoms with Crippen LogP contribution in [0.4, 0.5) is 0 Å². The first-order valence-corrected chi connectivity index (χ1v) is 8.65. The van der Waals surface area contributed by atoms with Crippen LogP contribution in [0.3, 0.4) is 0 Å². The maximum Gasteiger partial charge on any atom is 0.163 e. The van der Waals surface area contributed by atoms with Gasteiger partial charge in [-0.15, -0.1) is 11.8 Å². The largest absolute Gasteiger partial charge is 0.508 e. The SMILES string of the molecule is CSc1ccccc1C=CC(=O)CC(=O)C=Cc1ccc(O)cc1. The molecule has 3 nitrogen and oxygen atoms in total. The second kappa shape index (κ2) is 8.89. The number of aromatic hydroxyl groups is 1. The number of carbonyl (C=O) groups is 2. The van der Waals surface area contributed by atoms with Crippen molar-refractivity contribution in [2.75, 3.05) is 6.26 Å². The first kappa shape index (κ1) is 17.8. The lowest BCUT2D eigenvalue weighted by atomic mass is 10.1. The topological polar surface area (TPSA) is 54.4 Å². The molecule has 0 aliphatic heterocycles. The van der Waals surface area contributed by atoms with E-state index in [1.165, 1.54) is 12.2 Å². The maximum atomic E-state index is 11.9. The van der Waals surface area contributed by atoms with E-state index in [0.717, 1.165) is 16.0 Å². The number of benzene rings is 2. The average molecular weight is 338 g/mol. The number of rotatable bonds is 7. The zero-order valence-electron chi connectivity index (χ0n) is 13.3. The van der Waals surface area contributed by atoms with Gasteiger partial charge < -0.3 is 5.11 Å². The third-order valence-corrected chi connectivity index (χ3v) is 4.10. The van der Waals surface area contributed by atoms with Crippen LogP contribution in [0.25, 0.3) is 12.2 Å². The van der Waals surface area contributed by atoms with Crippen molar-refractivity contribution in [1.29, 1.82) is 0 Å². The summed E-state index contributed by atoms with van der Waals surface area (Å²) in [6, 6.07) is 14.3. The Morgan fingerprint density at radius 3 is 2.25 bits per heavy atom. The molecule has 2 aromatic rings. The van der Waals surface area contributed by atoms with Gasteiger partial charge in [0.25, 0.3) is 0 Å². The third kappa shape index (κ3) is 5.56. The summed E-state index contributed by atoms with van der Waals surface area (Å²) >= 11 is 1.61. The van der Waals surface area contributed by atoms with Crippen LogP contribution >= 0.6 is 11.8 Å². The molecule has 0 spiro atoms. The van der Waals surface area contributed by atoms with Gasteiger partial charge in [0.2, 0.25) is 0 Å². The van der Waals surface area contributed by atoms with Crippen LogP contribution in [0, 0.1) is 0 Å². The van der Waals surface area contributed by atoms with Gasteiger partial charge in [0.05, 0.1) is 6.42 Å². The Morgan fingerprint density at radius 2 is 1.58 bits per heavy atom. The van der Waals surface area contributed by atoms with Gasteiger partial charge in [0, 0.05) is 4.90 Å². The average Bonchev–Trinajstić information content (AvgIpc) is 2.59. The van der Waals surface area contributed by atoms with E-state index in [1.807, 2.05) is 30.5 Å². The molecule has 0 aliphatic carbocycles. The van der Waals surface area contributed by atoms with E-state index in [-0.39, 0.29) is 23.7 Å². The van der Waals surface area contributed by atoms with E-state index >= 15 is 0 Å². The molecule has 0 bridgehead atoms. The molecule has 1 N–H and O–H groups in total. The molecule has 0 fully saturated rings. The fourth-order valence-corrected chi connectivity index (χ4v) is 2.64. The minimum atomic E-state index is -0.254. The highest BCUT2D eigenvalue weighted by Gasteiger charge is 2.04. The number of ketones is 2. The van der Waals surface area contributed by atoms with Crippen LogP contribution in [0.2, 0.25) is 0 Å². The molecule has 122 valence electrons. The van der Waals surface area contributed by atoms with Gasteiger partial charge in [-0.25, -0.2) is 0 Å². The lowest BCUT2D eigenvalue weighted by Crippen LogP contribution is -2.01. The second-order valence-corrected chi connectivity index (χ2v) is 5.96. The predicted molar refractivity (Wildman–Crippen MR) is 99.0 cm³/mol. The molecule has 2 aromatic carbocycles. The first-order valence-electron chi connectivity index (χ1n) is 7.42. The van der Waals surface area contributed by atoms with Crippen LogP contribution < -0.4 is 0 Å². The molecular formula is C20H18O3S. The van der Waals surface area contributed by atoms with E-state index in [4.69, 9.17) is 0 Å². The lowest BCUT2D eigenvalue weighted by molar-refractivity contribution is -0.121. The number of thioether (sulfide) groups is 1. The third-order valence-electron chi connectivity index (χ3n) is 3.29. The van der Waals surface area contributed by atoms with Crippen LogP contribution in [-0.2, 0) is 9.59 Å². The predicted octanol–water partition coefficient (Wildman–Crippen LogP) is 4.37. The van der Waals surface area contributed by atoms with Gasteiger partial charge in [-0.3, -0.25) is 9.59 Å². The fourth-order valence-electron chi connectivity index (χ4n) is 2.05. The van der Waals surface area contributed by atoms with E-state index in [9.17, 15) is 14.7 Å². The fraction of sp³-hybridized carbons (Fsp3) is 0.100. The maximum absolute atomic E-state index is 11.9. The molecule has 24 heavy (non-hydrogen) atoms. The summed E-state index contributed by atoms with van der Waals surface area (Å²) in [7, 11) is 0. The molecule has 2 rings (SSSR count).